The Kier molecular flexibility index (Phi) is 3.84. The first-order chi connectivity index (χ1) is 8.69. The van der Waals surface area contributed by atoms with Gasteiger partial charge in [-0.25, -0.2) is 4.79 Å². The van der Waals surface area contributed by atoms with Crippen molar-refractivity contribution in [1.29, 1.82) is 0 Å². The molecule has 98 valence electrons. The molecule has 0 unspecified atom stereocenters. The lowest BCUT2D eigenvalue weighted by Crippen LogP contribution is -2.50. The highest BCUT2D eigenvalue weighted by Crippen LogP contribution is 2.27. The zero-order valence-corrected chi connectivity index (χ0v) is 10.3. The van der Waals surface area contributed by atoms with Gasteiger partial charge in [-0.05, 0) is 18.2 Å². The van der Waals surface area contributed by atoms with E-state index in [4.69, 9.17) is 4.74 Å². The maximum absolute atomic E-state index is 11.4. The van der Waals surface area contributed by atoms with Gasteiger partial charge in [0.25, 0.3) is 0 Å². The van der Waals surface area contributed by atoms with Crippen LogP contribution < -0.4 is 5.32 Å². The Balaban J connectivity index is 1.99. The van der Waals surface area contributed by atoms with Gasteiger partial charge in [-0.3, -0.25) is 0 Å². The van der Waals surface area contributed by atoms with E-state index in [0.29, 0.717) is 25.3 Å². The summed E-state index contributed by atoms with van der Waals surface area (Å²) in [6.45, 7) is 1.84. The molecule has 0 radical (unpaired) electrons. The first-order valence-electron chi connectivity index (χ1n) is 5.80. The van der Waals surface area contributed by atoms with Crippen molar-refractivity contribution in [2.24, 2.45) is 5.41 Å². The summed E-state index contributed by atoms with van der Waals surface area (Å²) < 4.78 is 9.79. The number of ether oxygens (including phenoxy) is 2. The lowest BCUT2D eigenvalue weighted by molar-refractivity contribution is -0.128. The number of aliphatic hydroxyl groups excluding tert-OH is 1. The number of benzene rings is 1. The molecule has 0 atom stereocenters. The number of methoxy groups -OCH3 is 1. The van der Waals surface area contributed by atoms with E-state index in [2.05, 4.69) is 10.1 Å². The van der Waals surface area contributed by atoms with Crippen LogP contribution in [0.25, 0.3) is 0 Å². The number of anilines is 1. The first kappa shape index (κ1) is 12.9. The Hall–Kier alpha value is -1.59. The lowest BCUT2D eigenvalue weighted by Gasteiger charge is -2.40. The number of carbonyl (C=O) groups excluding carboxylic acids is 1. The molecule has 0 aliphatic carbocycles. The minimum Gasteiger partial charge on any atom is -0.465 e. The number of hydrogen-bond donors (Lipinski definition) is 2. The van der Waals surface area contributed by atoms with Gasteiger partial charge < -0.3 is 19.9 Å². The Morgan fingerprint density at radius 3 is 2.89 bits per heavy atom. The van der Waals surface area contributed by atoms with Crippen molar-refractivity contribution in [3.05, 3.63) is 29.8 Å². The number of rotatable bonds is 5. The molecule has 1 heterocycles. The molecule has 5 nitrogen and oxygen atoms in total. The summed E-state index contributed by atoms with van der Waals surface area (Å²) in [5.41, 5.74) is 1.14. The normalized spacial score (nSPS) is 16.8. The summed E-state index contributed by atoms with van der Waals surface area (Å²) in [4.78, 5) is 11.4. The fourth-order valence-corrected chi connectivity index (χ4v) is 1.80. The fourth-order valence-electron chi connectivity index (χ4n) is 1.80. The summed E-state index contributed by atoms with van der Waals surface area (Å²) >= 11 is 0. The van der Waals surface area contributed by atoms with Crippen LogP contribution in [0.3, 0.4) is 0 Å². The second-order valence-electron chi connectivity index (χ2n) is 4.58. The standard InChI is InChI=1S/C13H17NO4/c1-17-12(16)10-3-2-4-11(5-10)14-6-13(7-15)8-18-9-13/h2-5,14-15H,6-9H2,1H3. The van der Waals surface area contributed by atoms with E-state index < -0.39 is 0 Å². The Morgan fingerprint density at radius 2 is 2.33 bits per heavy atom. The van der Waals surface area contributed by atoms with Crippen LogP contribution >= 0.6 is 0 Å². The van der Waals surface area contributed by atoms with Crippen LogP contribution in [0, 0.1) is 5.41 Å². The van der Waals surface area contributed by atoms with E-state index in [-0.39, 0.29) is 18.0 Å². The predicted octanol–water partition coefficient (Wildman–Crippen LogP) is 0.894. The zero-order valence-electron chi connectivity index (χ0n) is 10.3. The summed E-state index contributed by atoms with van der Waals surface area (Å²) in [7, 11) is 1.36. The van der Waals surface area contributed by atoms with Crippen LogP contribution in [0.1, 0.15) is 10.4 Å². The topological polar surface area (TPSA) is 67.8 Å². The molecule has 1 fully saturated rings. The van der Waals surface area contributed by atoms with Crippen LogP contribution in [0.5, 0.6) is 0 Å². The van der Waals surface area contributed by atoms with E-state index in [1.165, 1.54) is 7.11 Å². The molecule has 5 heteroatoms. The zero-order chi connectivity index (χ0) is 13.0. The largest absolute Gasteiger partial charge is 0.465 e. The smallest absolute Gasteiger partial charge is 0.337 e. The van der Waals surface area contributed by atoms with Gasteiger partial charge in [0.05, 0.1) is 37.9 Å². The summed E-state index contributed by atoms with van der Waals surface area (Å²) in [6.07, 6.45) is 0. The molecule has 1 aromatic carbocycles. The van der Waals surface area contributed by atoms with Gasteiger partial charge in [0, 0.05) is 12.2 Å². The van der Waals surface area contributed by atoms with Gasteiger partial charge in [-0.15, -0.1) is 0 Å². The van der Waals surface area contributed by atoms with E-state index in [0.717, 1.165) is 5.69 Å². The molecular formula is C13H17NO4. The van der Waals surface area contributed by atoms with Gasteiger partial charge >= 0.3 is 5.97 Å². The van der Waals surface area contributed by atoms with Crippen LogP contribution in [0.4, 0.5) is 5.69 Å². The fraction of sp³-hybridized carbons (Fsp3) is 0.462. The summed E-state index contributed by atoms with van der Waals surface area (Å²) in [5.74, 6) is -0.359. The second-order valence-corrected chi connectivity index (χ2v) is 4.58. The highest BCUT2D eigenvalue weighted by molar-refractivity contribution is 5.90. The monoisotopic (exact) mass is 251 g/mol. The van der Waals surface area contributed by atoms with Crippen molar-refractivity contribution < 1.29 is 19.4 Å². The first-order valence-corrected chi connectivity index (χ1v) is 5.80. The number of esters is 1. The summed E-state index contributed by atoms with van der Waals surface area (Å²) in [6, 6.07) is 7.09. The molecule has 0 saturated carbocycles. The third-order valence-corrected chi connectivity index (χ3v) is 3.10. The van der Waals surface area contributed by atoms with Crippen molar-refractivity contribution in [1.82, 2.24) is 0 Å². The van der Waals surface area contributed by atoms with Gasteiger partial charge in [-0.1, -0.05) is 6.07 Å². The Labute approximate surface area is 106 Å². The van der Waals surface area contributed by atoms with Gasteiger partial charge in [0.15, 0.2) is 0 Å². The third-order valence-electron chi connectivity index (χ3n) is 3.10. The summed E-state index contributed by atoms with van der Waals surface area (Å²) in [5, 5.41) is 12.5. The molecule has 0 aromatic heterocycles. The number of hydrogen-bond acceptors (Lipinski definition) is 5. The van der Waals surface area contributed by atoms with E-state index in [9.17, 15) is 9.90 Å². The van der Waals surface area contributed by atoms with Crippen LogP contribution in [-0.2, 0) is 9.47 Å². The lowest BCUT2D eigenvalue weighted by atomic mass is 9.87. The number of carbonyl (C=O) groups is 1. The van der Waals surface area contributed by atoms with Crippen molar-refractivity contribution in [3.8, 4) is 0 Å². The van der Waals surface area contributed by atoms with Crippen LogP contribution in [0.15, 0.2) is 24.3 Å². The third kappa shape index (κ3) is 2.63. The molecule has 1 saturated heterocycles. The van der Waals surface area contributed by atoms with Gasteiger partial charge in [0.2, 0.25) is 0 Å². The SMILES string of the molecule is COC(=O)c1cccc(NCC2(CO)COC2)c1. The number of aliphatic hydroxyl groups is 1. The van der Waals surface area contributed by atoms with E-state index >= 15 is 0 Å². The van der Waals surface area contributed by atoms with Crippen LogP contribution in [0.2, 0.25) is 0 Å². The van der Waals surface area contributed by atoms with Crippen LogP contribution in [-0.4, -0.2) is 44.6 Å². The Morgan fingerprint density at radius 1 is 1.56 bits per heavy atom. The average Bonchev–Trinajstić information content (AvgIpc) is 2.37. The van der Waals surface area contributed by atoms with Gasteiger partial charge in [-0.2, -0.15) is 0 Å². The van der Waals surface area contributed by atoms with Crippen molar-refractivity contribution in [2.45, 2.75) is 0 Å². The quantitative estimate of drug-likeness (QED) is 0.761. The predicted molar refractivity (Wildman–Crippen MR) is 66.6 cm³/mol. The van der Waals surface area contributed by atoms with E-state index in [1.807, 2.05) is 6.07 Å². The Bertz CT molecular complexity index is 423. The molecule has 1 aliphatic heterocycles. The molecule has 2 N–H and O–H groups in total. The molecule has 1 aliphatic rings. The van der Waals surface area contributed by atoms with Crippen molar-refractivity contribution >= 4 is 11.7 Å². The second kappa shape index (κ2) is 5.37. The average molecular weight is 251 g/mol. The molecule has 1 aromatic rings. The molecule has 0 bridgehead atoms. The highest BCUT2D eigenvalue weighted by atomic mass is 16.5. The minimum absolute atomic E-state index is 0.0939. The maximum Gasteiger partial charge on any atom is 0.337 e. The molecule has 18 heavy (non-hydrogen) atoms. The van der Waals surface area contributed by atoms with Gasteiger partial charge in [0.1, 0.15) is 0 Å². The van der Waals surface area contributed by atoms with E-state index in [1.54, 1.807) is 18.2 Å². The van der Waals surface area contributed by atoms with Crippen molar-refractivity contribution in [2.75, 3.05) is 38.8 Å². The molecular weight excluding hydrogens is 234 g/mol. The number of nitrogens with one attached hydrogen (secondary N) is 1. The molecule has 0 spiro atoms. The molecule has 2 rings (SSSR count). The minimum atomic E-state index is -0.359. The molecule has 0 amide bonds. The maximum atomic E-state index is 11.4. The highest BCUT2D eigenvalue weighted by Gasteiger charge is 2.37. The van der Waals surface area contributed by atoms with Crippen molar-refractivity contribution in [3.63, 3.8) is 0 Å².